The van der Waals surface area contributed by atoms with E-state index in [0.717, 1.165) is 10.4 Å². The number of carboxylic acid groups (broad SMARTS) is 2. The lowest BCUT2D eigenvalue weighted by atomic mass is 10.0. The molecule has 3 N–H and O–H groups in total. The van der Waals surface area contributed by atoms with Crippen LogP contribution in [0.25, 0.3) is 11.0 Å². The number of thioether (sulfide) groups is 1. The number of hydrogen-bond donors (Lipinski definition) is 3. The van der Waals surface area contributed by atoms with Crippen molar-refractivity contribution in [1.82, 2.24) is 25.2 Å². The van der Waals surface area contributed by atoms with Gasteiger partial charge in [-0.25, -0.2) is 14.3 Å². The van der Waals surface area contributed by atoms with Crippen LogP contribution >= 0.6 is 11.8 Å². The number of oxime groups is 1. The van der Waals surface area contributed by atoms with Gasteiger partial charge in [0, 0.05) is 5.75 Å². The number of nitrogens with zero attached hydrogens (tertiary/aromatic N) is 5. The largest absolute Gasteiger partial charge is 0.478 e. The summed E-state index contributed by atoms with van der Waals surface area (Å²) in [5, 5.41) is 33.0. The average molecular weight is 555 g/mol. The molecular formula is C24H22N6O8S. The van der Waals surface area contributed by atoms with Crippen LogP contribution < -0.4 is 5.32 Å². The van der Waals surface area contributed by atoms with Gasteiger partial charge in [-0.15, -0.1) is 16.9 Å². The number of para-hydroxylation sites is 1. The number of carbonyl (C=O) groups is 4. The van der Waals surface area contributed by atoms with Crippen LogP contribution in [0.2, 0.25) is 0 Å². The Morgan fingerprint density at radius 3 is 2.69 bits per heavy atom. The number of rotatable bonds is 9. The van der Waals surface area contributed by atoms with E-state index in [2.05, 4.69) is 20.8 Å². The molecule has 1 fully saturated rings. The lowest BCUT2D eigenvalue weighted by molar-refractivity contribution is -0.161. The van der Waals surface area contributed by atoms with Gasteiger partial charge in [0.25, 0.3) is 11.8 Å². The van der Waals surface area contributed by atoms with Gasteiger partial charge in [0.15, 0.2) is 5.76 Å². The van der Waals surface area contributed by atoms with E-state index in [-0.39, 0.29) is 29.5 Å². The van der Waals surface area contributed by atoms with Gasteiger partial charge in [-0.05, 0) is 43.7 Å². The Morgan fingerprint density at radius 2 is 2.00 bits per heavy atom. The Hall–Kier alpha value is -4.66. The average Bonchev–Trinajstić information content (AvgIpc) is 3.57. The molecule has 0 saturated carbocycles. The fourth-order valence-corrected chi connectivity index (χ4v) is 5.38. The number of amides is 2. The fraction of sp³-hybridized carbons (Fsp3) is 0.292. The van der Waals surface area contributed by atoms with Gasteiger partial charge in [0.1, 0.15) is 22.6 Å². The summed E-state index contributed by atoms with van der Waals surface area (Å²) in [7, 11) is 0. The predicted molar refractivity (Wildman–Crippen MR) is 135 cm³/mol. The molecular weight excluding hydrogens is 532 g/mol. The molecule has 0 radical (unpaired) electrons. The van der Waals surface area contributed by atoms with Gasteiger partial charge in [-0.3, -0.25) is 14.5 Å². The first-order chi connectivity index (χ1) is 18.6. The van der Waals surface area contributed by atoms with Crippen LogP contribution in [0.4, 0.5) is 0 Å². The Balaban J connectivity index is 1.36. The first-order valence-corrected chi connectivity index (χ1v) is 12.7. The summed E-state index contributed by atoms with van der Waals surface area (Å²) in [6.45, 7) is 2.62. The molecule has 5 rings (SSSR count). The SMILES string of the molecule is CC(C)(ON=C(C(=O)N[C@@H]1C(=O)N2C(C(=O)O)=C(Cn3nnc4ccccc43)CS[C@H]12)c1ccco1)C(=O)O. The standard InChI is InChI=1S/C24H22N6O8S/c1-24(2,23(35)36)38-27-16(15-8-5-9-37-15)19(31)25-17-20(32)30-18(22(33)34)12(11-39-21(17)30)10-29-14-7-4-3-6-13(14)26-28-29/h3-9,17,21H,10-11H2,1-2H3,(H,25,31)(H,33,34)(H,35,36)/t17-,21-/m1/s1. The minimum Gasteiger partial charge on any atom is -0.478 e. The molecule has 0 aliphatic carbocycles. The highest BCUT2D eigenvalue weighted by Crippen LogP contribution is 2.41. The minimum absolute atomic E-state index is 0.0120. The molecule has 3 aromatic rings. The number of aliphatic carboxylic acids is 2. The van der Waals surface area contributed by atoms with Gasteiger partial charge >= 0.3 is 11.9 Å². The van der Waals surface area contributed by atoms with E-state index < -0.39 is 40.8 Å². The summed E-state index contributed by atoms with van der Waals surface area (Å²) in [6.07, 6.45) is 1.29. The van der Waals surface area contributed by atoms with Crippen LogP contribution in [-0.4, -0.2) is 82.3 Å². The summed E-state index contributed by atoms with van der Waals surface area (Å²) < 4.78 is 6.81. The van der Waals surface area contributed by atoms with Crippen molar-refractivity contribution in [2.24, 2.45) is 5.16 Å². The summed E-state index contributed by atoms with van der Waals surface area (Å²) >= 11 is 1.29. The Morgan fingerprint density at radius 1 is 1.23 bits per heavy atom. The zero-order chi connectivity index (χ0) is 27.9. The highest BCUT2D eigenvalue weighted by molar-refractivity contribution is 8.00. The van der Waals surface area contributed by atoms with E-state index in [1.165, 1.54) is 44.0 Å². The molecule has 15 heteroatoms. The van der Waals surface area contributed by atoms with Gasteiger partial charge in [0.05, 0.1) is 18.3 Å². The number of nitrogens with one attached hydrogen (secondary N) is 1. The van der Waals surface area contributed by atoms with Gasteiger partial charge < -0.3 is 24.8 Å². The van der Waals surface area contributed by atoms with Crippen LogP contribution in [0.1, 0.15) is 19.6 Å². The topological polar surface area (TPSA) is 189 Å². The zero-order valence-corrected chi connectivity index (χ0v) is 21.4. The second-order valence-electron chi connectivity index (χ2n) is 9.18. The van der Waals surface area contributed by atoms with E-state index in [0.29, 0.717) is 11.1 Å². The van der Waals surface area contributed by atoms with Gasteiger partial charge in [-0.1, -0.05) is 22.5 Å². The van der Waals surface area contributed by atoms with E-state index in [1.807, 2.05) is 18.2 Å². The molecule has 1 saturated heterocycles. The Bertz CT molecular complexity index is 1540. The maximum atomic E-state index is 13.1. The van der Waals surface area contributed by atoms with Crippen molar-refractivity contribution >= 4 is 52.3 Å². The molecule has 0 unspecified atom stereocenters. The Kier molecular flexibility index (Phi) is 6.59. The van der Waals surface area contributed by atoms with Crippen LogP contribution in [0.5, 0.6) is 0 Å². The maximum absolute atomic E-state index is 13.1. The van der Waals surface area contributed by atoms with E-state index in [4.69, 9.17) is 9.25 Å². The molecule has 202 valence electrons. The van der Waals surface area contributed by atoms with Crippen molar-refractivity contribution < 1.29 is 38.6 Å². The van der Waals surface area contributed by atoms with Crippen LogP contribution in [0, 0.1) is 0 Å². The quantitative estimate of drug-likeness (QED) is 0.195. The molecule has 2 amide bonds. The summed E-state index contributed by atoms with van der Waals surface area (Å²) in [5.41, 5.74) is -0.439. The molecule has 0 bridgehead atoms. The van der Waals surface area contributed by atoms with Gasteiger partial charge in [-0.2, -0.15) is 0 Å². The molecule has 1 aromatic carbocycles. The number of aromatic nitrogens is 3. The molecule has 0 spiro atoms. The van der Waals surface area contributed by atoms with E-state index >= 15 is 0 Å². The first kappa shape index (κ1) is 26.0. The lowest BCUT2D eigenvalue weighted by Gasteiger charge is -2.49. The van der Waals surface area contributed by atoms with Gasteiger partial charge in [0.2, 0.25) is 11.3 Å². The smallest absolute Gasteiger partial charge is 0.352 e. The molecule has 14 nitrogen and oxygen atoms in total. The second-order valence-corrected chi connectivity index (χ2v) is 10.3. The van der Waals surface area contributed by atoms with Crippen LogP contribution in [0.15, 0.2) is 63.5 Å². The highest BCUT2D eigenvalue weighted by atomic mass is 32.2. The first-order valence-electron chi connectivity index (χ1n) is 11.6. The number of hydrogen-bond acceptors (Lipinski definition) is 10. The summed E-state index contributed by atoms with van der Waals surface area (Å²) in [5.74, 6) is -3.81. The number of furan rings is 1. The predicted octanol–water partition coefficient (Wildman–Crippen LogP) is 1.05. The van der Waals surface area contributed by atoms with Crippen molar-refractivity contribution in [2.75, 3.05) is 5.75 Å². The Labute approximate surface area is 224 Å². The van der Waals surface area contributed by atoms with E-state index in [9.17, 15) is 29.4 Å². The molecule has 2 aromatic heterocycles. The van der Waals surface area contributed by atoms with Crippen LogP contribution in [-0.2, 0) is 30.6 Å². The van der Waals surface area contributed by atoms with Crippen molar-refractivity contribution in [3.63, 3.8) is 0 Å². The van der Waals surface area contributed by atoms with Crippen molar-refractivity contribution in [3.05, 3.63) is 59.7 Å². The third-order valence-corrected chi connectivity index (χ3v) is 7.49. The number of carbonyl (C=O) groups excluding carboxylic acids is 2. The summed E-state index contributed by atoms with van der Waals surface area (Å²) in [4.78, 5) is 56.0. The second kappa shape index (κ2) is 9.90. The zero-order valence-electron chi connectivity index (χ0n) is 20.6. The highest BCUT2D eigenvalue weighted by Gasteiger charge is 2.54. The molecule has 4 heterocycles. The molecule has 2 atom stereocenters. The molecule has 39 heavy (non-hydrogen) atoms. The van der Waals surface area contributed by atoms with Crippen molar-refractivity contribution in [3.8, 4) is 0 Å². The number of benzene rings is 1. The minimum atomic E-state index is -1.74. The number of fused-ring (bicyclic) bond motifs is 2. The number of β-lactam (4-membered cyclic amide) rings is 1. The van der Waals surface area contributed by atoms with Crippen molar-refractivity contribution in [2.45, 2.75) is 37.4 Å². The fourth-order valence-electron chi connectivity index (χ4n) is 4.04. The van der Waals surface area contributed by atoms with Crippen LogP contribution in [0.3, 0.4) is 0 Å². The lowest BCUT2D eigenvalue weighted by Crippen LogP contribution is -2.71. The summed E-state index contributed by atoms with van der Waals surface area (Å²) in [6, 6.07) is 9.10. The van der Waals surface area contributed by atoms with E-state index in [1.54, 1.807) is 10.7 Å². The molecule has 2 aliphatic rings. The third kappa shape index (κ3) is 4.71. The number of carboxylic acids is 2. The maximum Gasteiger partial charge on any atom is 0.352 e. The third-order valence-electron chi connectivity index (χ3n) is 6.15. The van der Waals surface area contributed by atoms with Crippen molar-refractivity contribution in [1.29, 1.82) is 0 Å². The monoisotopic (exact) mass is 554 g/mol. The normalized spacial score (nSPS) is 19.5. The molecule has 2 aliphatic heterocycles.